The molecule has 6 heteroatoms. The van der Waals surface area contributed by atoms with Crippen LogP contribution >= 0.6 is 0 Å². The van der Waals surface area contributed by atoms with Crippen molar-refractivity contribution in [2.45, 2.75) is 6.92 Å². The number of hydrogen-bond donors (Lipinski definition) is 0. The second-order valence-electron chi connectivity index (χ2n) is 5.96. The fourth-order valence-electron chi connectivity index (χ4n) is 3.06. The van der Waals surface area contributed by atoms with Crippen molar-refractivity contribution in [2.75, 3.05) is 0 Å². The van der Waals surface area contributed by atoms with Crippen LogP contribution in [-0.2, 0) is 0 Å². The maximum absolute atomic E-state index is 4.61. The van der Waals surface area contributed by atoms with E-state index in [1.54, 1.807) is 12.5 Å². The predicted molar refractivity (Wildman–Crippen MR) is 95.6 cm³/mol. The van der Waals surface area contributed by atoms with Gasteiger partial charge in [0, 0.05) is 5.56 Å². The van der Waals surface area contributed by atoms with Crippen molar-refractivity contribution in [1.82, 2.24) is 29.4 Å². The lowest BCUT2D eigenvalue weighted by Gasteiger charge is -2.03. The molecule has 0 aliphatic rings. The van der Waals surface area contributed by atoms with E-state index in [1.165, 1.54) is 5.56 Å². The number of aromatic nitrogens is 6. The normalized spacial score (nSPS) is 11.4. The number of rotatable bonds is 2. The molecule has 0 atom stereocenters. The van der Waals surface area contributed by atoms with Crippen molar-refractivity contribution in [2.24, 2.45) is 0 Å². The van der Waals surface area contributed by atoms with Crippen LogP contribution in [-0.4, -0.2) is 29.4 Å². The summed E-state index contributed by atoms with van der Waals surface area (Å²) in [5, 5.41) is 14.1. The molecule has 0 fully saturated rings. The Morgan fingerprint density at radius 2 is 1.76 bits per heavy atom. The van der Waals surface area contributed by atoms with Gasteiger partial charge in [0.25, 0.3) is 0 Å². The fourth-order valence-corrected chi connectivity index (χ4v) is 3.06. The standard InChI is InChI=1S/C19H14N6/c1-13-6-5-7-14(10-13)17-22-23-19-16-11-21-25(15-8-3-2-4-9-15)18(16)20-12-24(17)19/h2-12H,1H3. The van der Waals surface area contributed by atoms with Gasteiger partial charge in [-0.3, -0.25) is 4.40 Å². The molecule has 0 aliphatic heterocycles. The molecule has 6 nitrogen and oxygen atoms in total. The van der Waals surface area contributed by atoms with Crippen molar-refractivity contribution >= 4 is 16.7 Å². The van der Waals surface area contributed by atoms with Crippen LogP contribution in [0.2, 0.25) is 0 Å². The van der Waals surface area contributed by atoms with Gasteiger partial charge in [-0.1, -0.05) is 42.0 Å². The summed E-state index contributed by atoms with van der Waals surface area (Å²) in [7, 11) is 0. The van der Waals surface area contributed by atoms with Crippen LogP contribution in [0.25, 0.3) is 33.8 Å². The second kappa shape index (κ2) is 5.24. The Kier molecular flexibility index (Phi) is 2.90. The van der Waals surface area contributed by atoms with Gasteiger partial charge in [0.2, 0.25) is 0 Å². The van der Waals surface area contributed by atoms with Gasteiger partial charge >= 0.3 is 0 Å². The molecular formula is C19H14N6. The van der Waals surface area contributed by atoms with Crippen LogP contribution in [0.15, 0.2) is 67.1 Å². The van der Waals surface area contributed by atoms with Crippen molar-refractivity contribution in [1.29, 1.82) is 0 Å². The molecule has 0 unspecified atom stereocenters. The zero-order valence-corrected chi connectivity index (χ0v) is 13.5. The Labute approximate surface area is 143 Å². The van der Waals surface area contributed by atoms with Crippen LogP contribution in [0.1, 0.15) is 5.56 Å². The molecule has 3 heterocycles. The Balaban J connectivity index is 1.74. The largest absolute Gasteiger partial charge is 0.265 e. The Morgan fingerprint density at radius 1 is 0.880 bits per heavy atom. The lowest BCUT2D eigenvalue weighted by molar-refractivity contribution is 0.893. The molecule has 2 aromatic carbocycles. The third kappa shape index (κ3) is 2.11. The molecule has 0 aliphatic carbocycles. The first-order valence-electron chi connectivity index (χ1n) is 8.01. The molecule has 0 saturated heterocycles. The summed E-state index contributed by atoms with van der Waals surface area (Å²) < 4.78 is 3.73. The molecule has 3 aromatic heterocycles. The first kappa shape index (κ1) is 13.9. The second-order valence-corrected chi connectivity index (χ2v) is 5.96. The first-order chi connectivity index (χ1) is 12.3. The van der Waals surface area contributed by atoms with E-state index in [0.717, 1.165) is 33.8 Å². The summed E-state index contributed by atoms with van der Waals surface area (Å²) in [6.07, 6.45) is 3.55. The number of benzene rings is 2. The Morgan fingerprint density at radius 3 is 2.60 bits per heavy atom. The molecule has 0 saturated carbocycles. The van der Waals surface area contributed by atoms with E-state index in [2.05, 4.69) is 39.3 Å². The topological polar surface area (TPSA) is 60.9 Å². The van der Waals surface area contributed by atoms with Crippen LogP contribution in [0.4, 0.5) is 0 Å². The van der Waals surface area contributed by atoms with Crippen molar-refractivity contribution < 1.29 is 0 Å². The number of hydrogen-bond acceptors (Lipinski definition) is 4. The fraction of sp³-hybridized carbons (Fsp3) is 0.0526. The monoisotopic (exact) mass is 326 g/mol. The lowest BCUT2D eigenvalue weighted by atomic mass is 10.1. The molecule has 0 amide bonds. The highest BCUT2D eigenvalue weighted by Gasteiger charge is 2.15. The Hall–Kier alpha value is -3.54. The van der Waals surface area contributed by atoms with Gasteiger partial charge in [-0.25, -0.2) is 9.67 Å². The highest BCUT2D eigenvalue weighted by Crippen LogP contribution is 2.24. The molecule has 0 radical (unpaired) electrons. The van der Waals surface area contributed by atoms with E-state index in [-0.39, 0.29) is 0 Å². The van der Waals surface area contributed by atoms with Crippen molar-refractivity contribution in [3.63, 3.8) is 0 Å². The Bertz CT molecular complexity index is 1200. The van der Waals surface area contributed by atoms with Crippen molar-refractivity contribution in [3.05, 3.63) is 72.7 Å². The van der Waals surface area contributed by atoms with Crippen molar-refractivity contribution in [3.8, 4) is 17.1 Å². The maximum Gasteiger partial charge on any atom is 0.175 e. The van der Waals surface area contributed by atoms with E-state index < -0.39 is 0 Å². The summed E-state index contributed by atoms with van der Waals surface area (Å²) in [6, 6.07) is 18.1. The summed E-state index contributed by atoms with van der Waals surface area (Å²) in [4.78, 5) is 4.61. The quantitative estimate of drug-likeness (QED) is 0.498. The van der Waals surface area contributed by atoms with E-state index >= 15 is 0 Å². The smallest absolute Gasteiger partial charge is 0.175 e. The number of para-hydroxylation sites is 1. The number of fused-ring (bicyclic) bond motifs is 3. The summed E-state index contributed by atoms with van der Waals surface area (Å²) in [5.74, 6) is 0.778. The van der Waals surface area contributed by atoms with E-state index in [4.69, 9.17) is 0 Å². The number of aryl methyl sites for hydroxylation is 1. The SMILES string of the molecule is Cc1cccc(-c2nnc3c4cnn(-c5ccccc5)c4ncn23)c1. The van der Waals surface area contributed by atoms with Gasteiger partial charge < -0.3 is 0 Å². The minimum Gasteiger partial charge on any atom is -0.265 e. The van der Waals surface area contributed by atoms with Crippen LogP contribution in [0, 0.1) is 6.92 Å². The molecular weight excluding hydrogens is 312 g/mol. The minimum absolute atomic E-state index is 0.753. The van der Waals surface area contributed by atoms with Gasteiger partial charge in [-0.05, 0) is 25.1 Å². The molecule has 0 bridgehead atoms. The molecule has 5 aromatic rings. The molecule has 25 heavy (non-hydrogen) atoms. The zero-order valence-electron chi connectivity index (χ0n) is 13.5. The summed E-state index contributed by atoms with van der Waals surface area (Å²) >= 11 is 0. The summed E-state index contributed by atoms with van der Waals surface area (Å²) in [6.45, 7) is 2.06. The van der Waals surface area contributed by atoms with Gasteiger partial charge in [0.1, 0.15) is 6.33 Å². The molecule has 120 valence electrons. The highest BCUT2D eigenvalue weighted by molar-refractivity contribution is 5.90. The molecule has 0 spiro atoms. The third-order valence-electron chi connectivity index (χ3n) is 4.25. The third-order valence-corrected chi connectivity index (χ3v) is 4.25. The van der Waals surface area contributed by atoms with Gasteiger partial charge in [-0.15, -0.1) is 10.2 Å². The highest BCUT2D eigenvalue weighted by atomic mass is 15.3. The van der Waals surface area contributed by atoms with E-state index in [1.807, 2.05) is 51.5 Å². The average Bonchev–Trinajstić information content (AvgIpc) is 3.26. The van der Waals surface area contributed by atoms with Gasteiger partial charge in [0.15, 0.2) is 17.1 Å². The summed E-state index contributed by atoms with van der Waals surface area (Å²) in [5.41, 5.74) is 4.68. The lowest BCUT2D eigenvalue weighted by Crippen LogP contribution is -1.98. The zero-order chi connectivity index (χ0) is 16.8. The maximum atomic E-state index is 4.61. The molecule has 5 rings (SSSR count). The predicted octanol–water partition coefficient (Wildman–Crippen LogP) is 3.44. The first-order valence-corrected chi connectivity index (χ1v) is 8.01. The van der Waals surface area contributed by atoms with Crippen LogP contribution in [0.3, 0.4) is 0 Å². The van der Waals surface area contributed by atoms with Gasteiger partial charge in [-0.2, -0.15) is 5.10 Å². The number of nitrogens with zero attached hydrogens (tertiary/aromatic N) is 6. The van der Waals surface area contributed by atoms with E-state index in [9.17, 15) is 0 Å². The van der Waals surface area contributed by atoms with Crippen LogP contribution < -0.4 is 0 Å². The van der Waals surface area contributed by atoms with Crippen LogP contribution in [0.5, 0.6) is 0 Å². The average molecular weight is 326 g/mol. The molecule has 0 N–H and O–H groups in total. The van der Waals surface area contributed by atoms with Gasteiger partial charge in [0.05, 0.1) is 17.3 Å². The van der Waals surface area contributed by atoms with E-state index in [0.29, 0.717) is 0 Å². The minimum atomic E-state index is 0.753.